The van der Waals surface area contributed by atoms with E-state index in [1.54, 1.807) is 0 Å². The molecule has 0 unspecified atom stereocenters. The summed E-state index contributed by atoms with van der Waals surface area (Å²) >= 11 is 0. The fraction of sp³-hybridized carbons (Fsp3) is 0. The summed E-state index contributed by atoms with van der Waals surface area (Å²) < 4.78 is 0. The highest BCUT2D eigenvalue weighted by Crippen LogP contribution is 2.01. The zero-order chi connectivity index (χ0) is 11.0. The minimum atomic E-state index is -1.29. The summed E-state index contributed by atoms with van der Waals surface area (Å²) in [6.45, 7) is 0. The van der Waals surface area contributed by atoms with Gasteiger partial charge in [0.1, 0.15) is 31.4 Å². The summed E-state index contributed by atoms with van der Waals surface area (Å²) in [6, 6.07) is 0. The molecule has 0 saturated heterocycles. The van der Waals surface area contributed by atoms with Crippen LogP contribution in [0.15, 0.2) is 0 Å². The van der Waals surface area contributed by atoms with Crippen molar-refractivity contribution in [3.05, 3.63) is 5.56 Å². The molecule has 0 bridgehead atoms. The number of hydrogen-bond donors (Lipinski definition) is 2. The molecular formula is C7H3B4NO2. The second-order valence-electron chi connectivity index (χ2n) is 2.75. The highest BCUT2D eigenvalue weighted by molar-refractivity contribution is 6.64. The summed E-state index contributed by atoms with van der Waals surface area (Å²) in [5.74, 6) is -1.29. The number of rotatable bonds is 1. The van der Waals surface area contributed by atoms with E-state index >= 15 is 0 Å². The fourth-order valence-electron chi connectivity index (χ4n) is 1.08. The van der Waals surface area contributed by atoms with Crippen LogP contribution in [-0.4, -0.2) is 42.5 Å². The van der Waals surface area contributed by atoms with Gasteiger partial charge in [-0.1, -0.05) is 10.9 Å². The average Bonchev–Trinajstić information content (AvgIpc) is 2.11. The van der Waals surface area contributed by atoms with Crippen molar-refractivity contribution in [2.24, 2.45) is 0 Å². The maximum atomic E-state index is 10.7. The van der Waals surface area contributed by atoms with E-state index in [-0.39, 0.29) is 33.1 Å². The van der Waals surface area contributed by atoms with Crippen molar-refractivity contribution in [1.29, 1.82) is 0 Å². The molecule has 14 heavy (non-hydrogen) atoms. The van der Waals surface area contributed by atoms with Gasteiger partial charge in [0.05, 0.1) is 5.56 Å². The number of carboxylic acid groups (broad SMARTS) is 1. The Hall–Kier alpha value is -1.25. The predicted octanol–water partition coefficient (Wildman–Crippen LogP) is -3.86. The number of hydrogen-bond acceptors (Lipinski definition) is 2. The molecule has 60 valence electrons. The van der Waals surface area contributed by atoms with Crippen LogP contribution in [0.5, 0.6) is 0 Å². The lowest BCUT2D eigenvalue weighted by Gasteiger charge is -2.17. The van der Waals surface area contributed by atoms with Crippen LogP contribution in [0.25, 0.3) is 0 Å². The van der Waals surface area contributed by atoms with Crippen LogP contribution in [0.1, 0.15) is 10.4 Å². The molecule has 7 heteroatoms. The van der Waals surface area contributed by atoms with E-state index in [0.29, 0.717) is 0 Å². The molecule has 0 fully saturated rings. The van der Waals surface area contributed by atoms with Gasteiger partial charge in [-0.2, -0.15) is 0 Å². The summed E-state index contributed by atoms with van der Waals surface area (Å²) in [4.78, 5) is 10.7. The van der Waals surface area contributed by atoms with E-state index in [4.69, 9.17) is 42.2 Å². The number of aromatic carboxylic acids is 1. The van der Waals surface area contributed by atoms with Gasteiger partial charge in [-0.05, 0) is 0 Å². The minimum Gasteiger partial charge on any atom is -0.478 e. The normalized spacial score (nSPS) is 10.0. The predicted molar refractivity (Wildman–Crippen MR) is 59.4 cm³/mol. The van der Waals surface area contributed by atoms with Crippen molar-refractivity contribution >= 4 is 64.9 Å². The molecule has 0 atom stereocenters. The van der Waals surface area contributed by atoms with Crippen molar-refractivity contribution in [3.63, 3.8) is 0 Å². The second kappa shape index (κ2) is 3.48. The Kier molecular flexibility index (Phi) is 2.69. The first-order valence-corrected chi connectivity index (χ1v) is 3.62. The Morgan fingerprint density at radius 3 is 1.86 bits per heavy atom. The quantitative estimate of drug-likeness (QED) is 0.340. The number of nitrogens with two attached hydrogens (primary N) is 1. The lowest BCUT2D eigenvalue weighted by Crippen LogP contribution is -2.50. The molecule has 1 aromatic carbocycles. The third kappa shape index (κ3) is 1.43. The Bertz CT molecular complexity index is 390. The third-order valence-electron chi connectivity index (χ3n) is 1.91. The number of carbonyl (C=O) groups is 1. The van der Waals surface area contributed by atoms with Crippen molar-refractivity contribution in [3.8, 4) is 0 Å². The molecule has 3 N–H and O–H groups in total. The Balaban J connectivity index is 3.68. The van der Waals surface area contributed by atoms with Crippen LogP contribution in [-0.2, 0) is 0 Å². The highest BCUT2D eigenvalue weighted by atomic mass is 16.4. The monoisotopic (exact) mass is 177 g/mol. The molecule has 3 nitrogen and oxygen atoms in total. The largest absolute Gasteiger partial charge is 0.478 e. The fourth-order valence-corrected chi connectivity index (χ4v) is 1.08. The molecule has 0 aliphatic rings. The average molecular weight is 176 g/mol. The highest BCUT2D eigenvalue weighted by Gasteiger charge is 2.16. The SMILES string of the molecule is [B]c1c([B])c([B])c(C(=O)O)c(N)c1[B]. The third-order valence-corrected chi connectivity index (χ3v) is 1.91. The standard InChI is InChI=1S/C7H3B4NO2/c8-2-1(7(13)14)6(12)5(11)4(10)3(2)9/h12H2,(H,13,14). The van der Waals surface area contributed by atoms with Gasteiger partial charge in [-0.3, -0.25) is 0 Å². The van der Waals surface area contributed by atoms with Crippen molar-refractivity contribution in [2.75, 3.05) is 5.73 Å². The second-order valence-corrected chi connectivity index (χ2v) is 2.75. The molecule has 0 aliphatic heterocycles. The van der Waals surface area contributed by atoms with Gasteiger partial charge in [-0.25, -0.2) is 4.79 Å². The molecule has 0 amide bonds. The summed E-state index contributed by atoms with van der Waals surface area (Å²) in [5, 5.41) is 8.77. The minimum absolute atomic E-state index is 0.00463. The van der Waals surface area contributed by atoms with E-state index in [2.05, 4.69) is 0 Å². The smallest absolute Gasteiger partial charge is 0.337 e. The van der Waals surface area contributed by atoms with Crippen molar-refractivity contribution in [1.82, 2.24) is 0 Å². The summed E-state index contributed by atoms with van der Waals surface area (Å²) in [6.07, 6.45) is 0. The first-order valence-electron chi connectivity index (χ1n) is 3.62. The van der Waals surface area contributed by atoms with E-state index in [1.807, 2.05) is 0 Å². The van der Waals surface area contributed by atoms with Crippen LogP contribution in [0.2, 0.25) is 0 Å². The van der Waals surface area contributed by atoms with Gasteiger partial charge in [-0.15, -0.1) is 10.9 Å². The van der Waals surface area contributed by atoms with Crippen molar-refractivity contribution in [2.45, 2.75) is 0 Å². The lowest BCUT2D eigenvalue weighted by molar-refractivity contribution is 0.0699. The lowest BCUT2D eigenvalue weighted by atomic mass is 9.64. The van der Waals surface area contributed by atoms with E-state index in [0.717, 1.165) is 0 Å². The first-order chi connectivity index (χ1) is 6.37. The van der Waals surface area contributed by atoms with Crippen LogP contribution in [0.4, 0.5) is 5.69 Å². The van der Waals surface area contributed by atoms with Gasteiger partial charge >= 0.3 is 5.97 Å². The number of nitrogen functional groups attached to an aromatic ring is 1. The Morgan fingerprint density at radius 2 is 1.43 bits per heavy atom. The molecule has 8 radical (unpaired) electrons. The molecule has 0 aromatic heterocycles. The number of benzene rings is 1. The number of anilines is 1. The number of carboxylic acids is 1. The summed E-state index contributed by atoms with van der Waals surface area (Å²) in [5.41, 5.74) is 4.67. The molecule has 1 rings (SSSR count). The van der Waals surface area contributed by atoms with Gasteiger partial charge in [0.25, 0.3) is 0 Å². The van der Waals surface area contributed by atoms with Crippen LogP contribution >= 0.6 is 0 Å². The maximum absolute atomic E-state index is 10.7. The Labute approximate surface area is 86.7 Å². The van der Waals surface area contributed by atoms with Gasteiger partial charge in [0.2, 0.25) is 0 Å². The van der Waals surface area contributed by atoms with E-state index < -0.39 is 5.97 Å². The zero-order valence-electron chi connectivity index (χ0n) is 7.24. The van der Waals surface area contributed by atoms with E-state index in [1.165, 1.54) is 0 Å². The van der Waals surface area contributed by atoms with E-state index in [9.17, 15) is 4.79 Å². The van der Waals surface area contributed by atoms with Crippen molar-refractivity contribution < 1.29 is 9.90 Å². The van der Waals surface area contributed by atoms with Crippen LogP contribution < -0.4 is 27.6 Å². The molecule has 0 spiro atoms. The Morgan fingerprint density at radius 1 is 1.00 bits per heavy atom. The van der Waals surface area contributed by atoms with Gasteiger partial charge < -0.3 is 10.8 Å². The molecule has 0 saturated carbocycles. The van der Waals surface area contributed by atoms with Crippen LogP contribution in [0.3, 0.4) is 0 Å². The van der Waals surface area contributed by atoms with Gasteiger partial charge in [0, 0.05) is 5.69 Å². The van der Waals surface area contributed by atoms with Crippen LogP contribution in [0, 0.1) is 0 Å². The maximum Gasteiger partial charge on any atom is 0.337 e. The molecule has 0 heterocycles. The molecular weight excluding hydrogens is 173 g/mol. The van der Waals surface area contributed by atoms with Gasteiger partial charge in [0.15, 0.2) is 0 Å². The zero-order valence-corrected chi connectivity index (χ0v) is 7.24. The molecule has 0 aliphatic carbocycles. The topological polar surface area (TPSA) is 63.3 Å². The first kappa shape index (κ1) is 10.8. The summed E-state index contributed by atoms with van der Waals surface area (Å²) in [7, 11) is 21.8. The molecule has 1 aromatic rings.